The van der Waals surface area contributed by atoms with E-state index < -0.39 is 11.9 Å². The van der Waals surface area contributed by atoms with E-state index in [9.17, 15) is 14.4 Å². The van der Waals surface area contributed by atoms with Gasteiger partial charge >= 0.3 is 5.97 Å². The summed E-state index contributed by atoms with van der Waals surface area (Å²) in [7, 11) is 1.60. The molecule has 176 valence electrons. The molecule has 0 radical (unpaired) electrons. The average Bonchev–Trinajstić information content (AvgIpc) is 3.29. The third-order valence-electron chi connectivity index (χ3n) is 4.54. The number of benzene rings is 2. The smallest absolute Gasteiger partial charge is 0.328 e. The molecule has 1 unspecified atom stereocenters. The predicted molar refractivity (Wildman–Crippen MR) is 135 cm³/mol. The summed E-state index contributed by atoms with van der Waals surface area (Å²) in [6.45, 7) is 1.92. The first kappa shape index (κ1) is 25.0. The van der Waals surface area contributed by atoms with Gasteiger partial charge in [0, 0.05) is 33.7 Å². The molecule has 3 aromatic rings. The highest BCUT2D eigenvalue weighted by Crippen LogP contribution is 2.33. The number of amides is 2. The van der Waals surface area contributed by atoms with Gasteiger partial charge in [-0.3, -0.25) is 9.59 Å². The summed E-state index contributed by atoms with van der Waals surface area (Å²) < 4.78 is 5.39. The van der Waals surface area contributed by atoms with Crippen LogP contribution in [0, 0.1) is 0 Å². The maximum atomic E-state index is 12.9. The highest BCUT2D eigenvalue weighted by atomic mass is 32.2. The number of rotatable bonds is 10. The second-order valence-electron chi connectivity index (χ2n) is 6.93. The Morgan fingerprint density at radius 2 is 1.94 bits per heavy atom. The minimum Gasteiger partial charge on any atom is -0.496 e. The van der Waals surface area contributed by atoms with Crippen LogP contribution in [0.25, 0.3) is 11.3 Å². The van der Waals surface area contributed by atoms with E-state index in [1.807, 2.05) is 42.6 Å². The summed E-state index contributed by atoms with van der Waals surface area (Å²) in [6, 6.07) is 14.6. The lowest BCUT2D eigenvalue weighted by molar-refractivity contribution is -0.131. The highest BCUT2D eigenvalue weighted by Gasteiger charge is 2.20. The zero-order valence-corrected chi connectivity index (χ0v) is 20.1. The fraction of sp³-hybridized carbons (Fsp3) is 0.167. The van der Waals surface area contributed by atoms with Crippen LogP contribution in [0.3, 0.4) is 0 Å². The van der Waals surface area contributed by atoms with Crippen LogP contribution in [0.1, 0.15) is 13.3 Å². The molecule has 3 rings (SSSR count). The number of para-hydroxylation sites is 1. The van der Waals surface area contributed by atoms with Crippen LogP contribution >= 0.6 is 23.1 Å². The Hall–Kier alpha value is -3.63. The van der Waals surface area contributed by atoms with Gasteiger partial charge in [0.05, 0.1) is 18.1 Å². The van der Waals surface area contributed by atoms with Gasteiger partial charge in [-0.2, -0.15) is 0 Å². The number of nitrogens with zero attached hydrogens (tertiary/aromatic N) is 1. The van der Waals surface area contributed by atoms with Gasteiger partial charge in [-0.05, 0) is 36.8 Å². The third kappa shape index (κ3) is 6.93. The first-order chi connectivity index (χ1) is 16.4. The lowest BCUT2D eigenvalue weighted by atomic mass is 10.1. The maximum absolute atomic E-state index is 12.9. The van der Waals surface area contributed by atoms with Crippen LogP contribution < -0.4 is 15.4 Å². The van der Waals surface area contributed by atoms with Gasteiger partial charge in [-0.1, -0.05) is 25.1 Å². The number of aliphatic carboxylic acids is 1. The fourth-order valence-corrected chi connectivity index (χ4v) is 4.69. The SMILES string of the molecule is CCC(Sc1cccc(NC(=O)/C=C/C(=O)O)c1)C(=O)Nc1nc(-c2ccccc2OC)cs1. The Labute approximate surface area is 205 Å². The Balaban J connectivity index is 1.65. The number of carboxylic acid groups (broad SMARTS) is 1. The molecule has 10 heteroatoms. The van der Waals surface area contributed by atoms with Crippen LogP contribution in [0.5, 0.6) is 5.75 Å². The number of carbonyl (C=O) groups excluding carboxylic acids is 2. The van der Waals surface area contributed by atoms with Crippen molar-refractivity contribution in [2.24, 2.45) is 0 Å². The van der Waals surface area contributed by atoms with Gasteiger partial charge in [-0.15, -0.1) is 23.1 Å². The van der Waals surface area contributed by atoms with Gasteiger partial charge in [0.15, 0.2) is 5.13 Å². The molecule has 34 heavy (non-hydrogen) atoms. The number of nitrogens with one attached hydrogen (secondary N) is 2. The monoisotopic (exact) mass is 497 g/mol. The molecule has 1 aromatic heterocycles. The predicted octanol–water partition coefficient (Wildman–Crippen LogP) is 4.91. The van der Waals surface area contributed by atoms with Crippen molar-refractivity contribution in [3.8, 4) is 17.0 Å². The largest absolute Gasteiger partial charge is 0.496 e. The third-order valence-corrected chi connectivity index (χ3v) is 6.65. The molecule has 0 fully saturated rings. The van der Waals surface area contributed by atoms with E-state index in [2.05, 4.69) is 15.6 Å². The molecule has 2 aromatic carbocycles. The highest BCUT2D eigenvalue weighted by molar-refractivity contribution is 8.00. The fourth-order valence-electron chi connectivity index (χ4n) is 2.96. The van der Waals surface area contributed by atoms with E-state index in [0.29, 0.717) is 23.0 Å². The van der Waals surface area contributed by atoms with Gasteiger partial charge in [0.1, 0.15) is 5.75 Å². The molecule has 0 spiro atoms. The molecule has 0 saturated heterocycles. The van der Waals surface area contributed by atoms with Crippen molar-refractivity contribution in [2.45, 2.75) is 23.5 Å². The van der Waals surface area contributed by atoms with Crippen molar-refractivity contribution in [3.05, 3.63) is 66.1 Å². The van der Waals surface area contributed by atoms with E-state index in [0.717, 1.165) is 28.3 Å². The van der Waals surface area contributed by atoms with Crippen molar-refractivity contribution in [1.29, 1.82) is 0 Å². The van der Waals surface area contributed by atoms with Gasteiger partial charge in [0.2, 0.25) is 11.8 Å². The summed E-state index contributed by atoms with van der Waals surface area (Å²) in [5.74, 6) is -1.22. The molecule has 0 aliphatic carbocycles. The van der Waals surface area contributed by atoms with Crippen LogP contribution in [-0.4, -0.2) is 40.2 Å². The van der Waals surface area contributed by atoms with E-state index in [4.69, 9.17) is 9.84 Å². The zero-order chi connectivity index (χ0) is 24.5. The topological polar surface area (TPSA) is 118 Å². The number of methoxy groups -OCH3 is 1. The van der Waals surface area contributed by atoms with Crippen molar-refractivity contribution in [2.75, 3.05) is 17.7 Å². The number of hydrogen-bond acceptors (Lipinski definition) is 7. The second kappa shape index (κ2) is 12.0. The van der Waals surface area contributed by atoms with Crippen molar-refractivity contribution in [3.63, 3.8) is 0 Å². The normalized spacial score (nSPS) is 11.7. The van der Waals surface area contributed by atoms with Crippen LogP contribution in [0.2, 0.25) is 0 Å². The summed E-state index contributed by atoms with van der Waals surface area (Å²) in [6.07, 6.45) is 2.29. The summed E-state index contributed by atoms with van der Waals surface area (Å²) in [5, 5.41) is 16.1. The first-order valence-electron chi connectivity index (χ1n) is 10.3. The van der Waals surface area contributed by atoms with Gasteiger partial charge < -0.3 is 20.5 Å². The van der Waals surface area contributed by atoms with E-state index in [-0.39, 0.29) is 11.2 Å². The van der Waals surface area contributed by atoms with Crippen LogP contribution in [0.4, 0.5) is 10.8 Å². The lowest BCUT2D eigenvalue weighted by Gasteiger charge is -2.14. The zero-order valence-electron chi connectivity index (χ0n) is 18.5. The van der Waals surface area contributed by atoms with Crippen LogP contribution in [-0.2, 0) is 14.4 Å². The molecular weight excluding hydrogens is 474 g/mol. The molecule has 0 saturated carbocycles. The van der Waals surface area contributed by atoms with Crippen molar-refractivity contribution >= 4 is 51.7 Å². The molecule has 0 bridgehead atoms. The Morgan fingerprint density at radius 3 is 2.68 bits per heavy atom. The van der Waals surface area contributed by atoms with E-state index in [1.54, 1.807) is 25.3 Å². The van der Waals surface area contributed by atoms with Gasteiger partial charge in [0.25, 0.3) is 0 Å². The Bertz CT molecular complexity index is 1210. The molecule has 3 N–H and O–H groups in total. The number of anilines is 2. The Kier molecular flexibility index (Phi) is 8.83. The molecule has 1 atom stereocenters. The minimum absolute atomic E-state index is 0.174. The van der Waals surface area contributed by atoms with Crippen molar-refractivity contribution in [1.82, 2.24) is 4.98 Å². The summed E-state index contributed by atoms with van der Waals surface area (Å²) >= 11 is 2.70. The molecule has 8 nitrogen and oxygen atoms in total. The standard InChI is InChI=1S/C24H23N3O5S2/c1-3-20(34-16-8-6-7-15(13-16)25-21(28)11-12-22(29)30)23(31)27-24-26-18(14-33-24)17-9-4-5-10-19(17)32-2/h4-14,20H,3H2,1-2H3,(H,25,28)(H,29,30)(H,26,27,31)/b12-11+. The Morgan fingerprint density at radius 1 is 1.15 bits per heavy atom. The number of ether oxygens (including phenoxy) is 1. The molecular formula is C24H23N3O5S2. The van der Waals surface area contributed by atoms with E-state index >= 15 is 0 Å². The number of hydrogen-bond donors (Lipinski definition) is 3. The van der Waals surface area contributed by atoms with Crippen LogP contribution in [0.15, 0.2) is 71.0 Å². The minimum atomic E-state index is -1.20. The molecule has 2 amide bonds. The number of thiazole rings is 1. The van der Waals surface area contributed by atoms with E-state index in [1.165, 1.54) is 23.1 Å². The molecule has 0 aliphatic heterocycles. The molecule has 1 heterocycles. The number of carboxylic acids is 1. The number of aromatic nitrogens is 1. The maximum Gasteiger partial charge on any atom is 0.328 e. The first-order valence-corrected chi connectivity index (χ1v) is 12.0. The number of thioether (sulfide) groups is 1. The quantitative estimate of drug-likeness (QED) is 0.269. The number of carbonyl (C=O) groups is 3. The molecule has 0 aliphatic rings. The second-order valence-corrected chi connectivity index (χ2v) is 9.07. The van der Waals surface area contributed by atoms with Gasteiger partial charge in [-0.25, -0.2) is 9.78 Å². The lowest BCUT2D eigenvalue weighted by Crippen LogP contribution is -2.24. The summed E-state index contributed by atoms with van der Waals surface area (Å²) in [4.78, 5) is 40.6. The summed E-state index contributed by atoms with van der Waals surface area (Å²) in [5.41, 5.74) is 2.07. The van der Waals surface area contributed by atoms with Crippen molar-refractivity contribution < 1.29 is 24.2 Å². The average molecular weight is 498 g/mol.